The van der Waals surface area contributed by atoms with Crippen LogP contribution in [-0.2, 0) is 23.7 Å². The molecule has 1 saturated heterocycles. The van der Waals surface area contributed by atoms with Crippen LogP contribution in [0.2, 0.25) is 0 Å². The van der Waals surface area contributed by atoms with E-state index < -0.39 is 34.3 Å². The summed E-state index contributed by atoms with van der Waals surface area (Å²) < 4.78 is 25.4. The van der Waals surface area contributed by atoms with E-state index in [2.05, 4.69) is 29.0 Å². The van der Waals surface area contributed by atoms with Crippen LogP contribution in [0.25, 0.3) is 0 Å². The maximum absolute atomic E-state index is 14.6. The molecule has 2 aromatic rings. The molecule has 1 heterocycles. The van der Waals surface area contributed by atoms with Crippen LogP contribution < -0.4 is 5.32 Å². The lowest BCUT2D eigenvalue weighted by Crippen LogP contribution is -2.83. The third-order valence-electron chi connectivity index (χ3n) is 13.9. The molecule has 1 spiro atoms. The molecule has 0 unspecified atom stereocenters. The number of piperidine rings is 1. The van der Waals surface area contributed by atoms with E-state index in [0.29, 0.717) is 56.4 Å². The number of likely N-dealkylation sites (N-methyl/N-ethyl adjacent to an activating group) is 1. The molecule has 0 radical (unpaired) electrons. The smallest absolute Gasteiger partial charge is 0.340 e. The van der Waals surface area contributed by atoms with Crippen LogP contribution >= 0.6 is 0 Å². The van der Waals surface area contributed by atoms with Gasteiger partial charge >= 0.3 is 5.97 Å². The zero-order valence-corrected chi connectivity index (χ0v) is 29.5. The van der Waals surface area contributed by atoms with Gasteiger partial charge in [0.1, 0.15) is 16.8 Å². The number of amides is 1. The van der Waals surface area contributed by atoms with E-state index >= 15 is 0 Å². The lowest BCUT2D eigenvalue weighted by Gasteiger charge is -2.70. The van der Waals surface area contributed by atoms with Crippen molar-refractivity contribution in [1.29, 1.82) is 0 Å². The lowest BCUT2D eigenvalue weighted by molar-refractivity contribution is -0.337. The van der Waals surface area contributed by atoms with E-state index in [0.717, 1.165) is 5.56 Å². The van der Waals surface area contributed by atoms with Gasteiger partial charge in [-0.3, -0.25) is 9.69 Å². The fourth-order valence-electron chi connectivity index (χ4n) is 12.4. The molecule has 266 valence electrons. The number of likely N-dealkylation sites (tertiary alicyclic amines) is 1. The summed E-state index contributed by atoms with van der Waals surface area (Å²) in [6, 6.07) is 14.7. The molecule has 1 aliphatic heterocycles. The van der Waals surface area contributed by atoms with E-state index in [1.165, 1.54) is 6.92 Å². The Bertz CT molecular complexity index is 1760. The molecule has 2 aromatic carbocycles. The predicted molar refractivity (Wildman–Crippen MR) is 184 cm³/mol. The van der Waals surface area contributed by atoms with Crippen LogP contribution in [0.4, 0.5) is 5.69 Å². The Labute approximate surface area is 293 Å². The Hall–Kier alpha value is -3.30. The van der Waals surface area contributed by atoms with E-state index in [1.54, 1.807) is 39.5 Å². The van der Waals surface area contributed by atoms with Gasteiger partial charge in [0.15, 0.2) is 0 Å². The summed E-state index contributed by atoms with van der Waals surface area (Å²) in [6.07, 6.45) is 1.66. The Kier molecular flexibility index (Phi) is 8.03. The van der Waals surface area contributed by atoms with Crippen molar-refractivity contribution in [2.24, 2.45) is 29.1 Å². The topological polar surface area (TPSA) is 127 Å². The molecule has 3 N–H and O–H groups in total. The molecule has 5 aliphatic carbocycles. The Morgan fingerprint density at radius 3 is 2.42 bits per heavy atom. The average molecular weight is 685 g/mol. The molecular weight excluding hydrogens is 636 g/mol. The van der Waals surface area contributed by atoms with Crippen molar-refractivity contribution in [3.63, 3.8) is 0 Å². The molecule has 5 saturated carbocycles. The van der Waals surface area contributed by atoms with Crippen molar-refractivity contribution in [2.75, 3.05) is 39.7 Å². The highest BCUT2D eigenvalue weighted by Gasteiger charge is 2.89. The van der Waals surface area contributed by atoms with Crippen molar-refractivity contribution >= 4 is 17.6 Å². The Balaban J connectivity index is 1.23. The first-order chi connectivity index (χ1) is 24.0. The van der Waals surface area contributed by atoms with Gasteiger partial charge in [-0.05, 0) is 62.6 Å². The summed E-state index contributed by atoms with van der Waals surface area (Å²) in [4.78, 5) is 29.3. The van der Waals surface area contributed by atoms with Crippen LogP contribution in [0.5, 0.6) is 0 Å². The highest BCUT2D eigenvalue weighted by Crippen LogP contribution is 2.79. The van der Waals surface area contributed by atoms with Crippen molar-refractivity contribution in [3.8, 4) is 11.8 Å². The van der Waals surface area contributed by atoms with Crippen LogP contribution in [0.15, 0.2) is 48.5 Å². The zero-order chi connectivity index (χ0) is 35.2. The van der Waals surface area contributed by atoms with Crippen LogP contribution in [0.1, 0.15) is 67.4 Å². The van der Waals surface area contributed by atoms with Gasteiger partial charge in [0.25, 0.3) is 0 Å². The third kappa shape index (κ3) is 4.31. The molecule has 50 heavy (non-hydrogen) atoms. The molecule has 10 nitrogen and oxygen atoms in total. The fourth-order valence-corrected chi connectivity index (χ4v) is 12.4. The van der Waals surface area contributed by atoms with Crippen molar-refractivity contribution < 1.29 is 38.7 Å². The number of rotatable bonds is 7. The van der Waals surface area contributed by atoms with E-state index in [1.807, 2.05) is 30.3 Å². The molecule has 1 amide bonds. The summed E-state index contributed by atoms with van der Waals surface area (Å²) in [5.41, 5.74) is -2.43. The highest BCUT2D eigenvalue weighted by molar-refractivity contribution is 6.01. The number of hydrogen-bond acceptors (Lipinski definition) is 9. The molecule has 8 rings (SSSR count). The normalized spacial score (nSPS) is 42.0. The van der Waals surface area contributed by atoms with Gasteiger partial charge in [-0.15, -0.1) is 0 Å². The lowest BCUT2D eigenvalue weighted by atomic mass is 9.44. The van der Waals surface area contributed by atoms with Crippen LogP contribution in [0, 0.1) is 40.9 Å². The number of hydrogen-bond donors (Lipinski definition) is 3. The summed E-state index contributed by atoms with van der Waals surface area (Å²) in [7, 11) is 5.05. The molecule has 7 bridgehead atoms. The van der Waals surface area contributed by atoms with E-state index in [-0.39, 0.29) is 53.4 Å². The van der Waals surface area contributed by atoms with Gasteiger partial charge in [0.05, 0.1) is 29.6 Å². The maximum Gasteiger partial charge on any atom is 0.340 e. The second-order valence-electron chi connectivity index (χ2n) is 15.5. The van der Waals surface area contributed by atoms with Gasteiger partial charge in [0, 0.05) is 87.5 Å². The minimum atomic E-state index is -1.51. The van der Waals surface area contributed by atoms with Gasteiger partial charge in [-0.1, -0.05) is 37.0 Å². The molecule has 10 heteroatoms. The number of fused-ring (bicyclic) bond motifs is 2. The summed E-state index contributed by atoms with van der Waals surface area (Å²) in [5, 5.41) is 28.8. The van der Waals surface area contributed by atoms with Crippen molar-refractivity contribution in [3.05, 3.63) is 65.2 Å². The Morgan fingerprint density at radius 2 is 1.74 bits per heavy atom. The predicted octanol–water partition coefficient (Wildman–Crippen LogP) is 3.62. The number of carbonyl (C=O) groups is 2. The van der Waals surface area contributed by atoms with Crippen molar-refractivity contribution in [2.45, 2.75) is 87.1 Å². The average Bonchev–Trinajstić information content (AvgIpc) is 3.54. The standard InChI is InChI=1S/C40H48N2O8/c1-6-42-22-37(50-36(44)26-18-25(14-15-29(26)41-23(2)43)13-12-24-10-8-7-9-11-24)17-16-33(48-4)39-31(37)20-28(34(39)42)38(45)21-30(47-3)27-19-32(39)40(38,46)35(27)49-5/h7-11,14-15,18,27-28,30-35,45-46H,6,16-17,19-22H2,1-5H3,(H,41,43)/t27-,28+,30+,31-,32+,33+,34-,35+,37-,38+,39+,40+/m1/s1. The number of anilines is 1. The minimum absolute atomic E-state index is 0.0803. The first-order valence-electron chi connectivity index (χ1n) is 18.0. The minimum Gasteiger partial charge on any atom is -0.454 e. The number of carbonyl (C=O) groups excluding carboxylic acids is 2. The summed E-state index contributed by atoms with van der Waals surface area (Å²) in [6.45, 7) is 4.71. The monoisotopic (exact) mass is 684 g/mol. The third-order valence-corrected chi connectivity index (χ3v) is 13.9. The van der Waals surface area contributed by atoms with Gasteiger partial charge in [-0.2, -0.15) is 0 Å². The second-order valence-corrected chi connectivity index (χ2v) is 15.5. The Morgan fingerprint density at radius 1 is 0.980 bits per heavy atom. The van der Waals surface area contributed by atoms with Gasteiger partial charge in [-0.25, -0.2) is 4.79 Å². The van der Waals surface area contributed by atoms with Gasteiger partial charge in [0.2, 0.25) is 5.91 Å². The number of nitrogens with one attached hydrogen (secondary N) is 1. The zero-order valence-electron chi connectivity index (χ0n) is 29.5. The molecule has 6 aliphatic rings. The summed E-state index contributed by atoms with van der Waals surface area (Å²) >= 11 is 0. The van der Waals surface area contributed by atoms with E-state index in [9.17, 15) is 19.8 Å². The number of methoxy groups -OCH3 is 3. The van der Waals surface area contributed by atoms with Crippen molar-refractivity contribution in [1.82, 2.24) is 4.90 Å². The molecule has 0 aromatic heterocycles. The van der Waals surface area contributed by atoms with Crippen LogP contribution in [-0.4, -0.2) is 103 Å². The van der Waals surface area contributed by atoms with E-state index in [4.69, 9.17) is 18.9 Å². The second kappa shape index (κ2) is 11.9. The highest BCUT2D eigenvalue weighted by atomic mass is 16.6. The summed E-state index contributed by atoms with van der Waals surface area (Å²) in [5.74, 6) is 4.53. The molecule has 6 fully saturated rings. The van der Waals surface area contributed by atoms with Gasteiger partial charge < -0.3 is 34.5 Å². The number of benzene rings is 2. The SMILES string of the molecule is CCN1C[C@]2(OC(=O)c3cc(C#Cc4ccccc4)ccc3NC(C)=O)CC[C@H](OC)[C@@]34[C@@H]2C[C@@H]([C@@H]13)[C@@]1(O)C[C@H](OC)[C@H]2C[C@@H]4[C@]1(O)[C@H]2OC. The number of esters is 1. The first kappa shape index (κ1) is 33.8. The molecular formula is C40H48N2O8. The van der Waals surface area contributed by atoms with Crippen LogP contribution in [0.3, 0.4) is 0 Å². The maximum atomic E-state index is 14.6. The number of nitrogens with zero attached hydrogens (tertiary/aromatic N) is 1. The quantitative estimate of drug-likeness (QED) is 0.296. The first-order valence-corrected chi connectivity index (χ1v) is 18.0. The largest absolute Gasteiger partial charge is 0.454 e. The number of ether oxygens (including phenoxy) is 4. The molecule has 12 atom stereocenters. The number of aliphatic hydroxyl groups is 2. The fraction of sp³-hybridized carbons (Fsp3) is 0.600.